The van der Waals surface area contributed by atoms with Crippen LogP contribution in [0.1, 0.15) is 13.8 Å². The fraction of sp³-hybridized carbons (Fsp3) is 0.455. The molecule has 0 amide bonds. The molecule has 4 nitrogen and oxygen atoms in total. The number of anilines is 1. The van der Waals surface area contributed by atoms with Gasteiger partial charge in [0.25, 0.3) is 0 Å². The van der Waals surface area contributed by atoms with Gasteiger partial charge in [0.15, 0.2) is 0 Å². The minimum atomic E-state index is -0.266. The summed E-state index contributed by atoms with van der Waals surface area (Å²) in [5.74, 6) is 0.419. The van der Waals surface area contributed by atoms with E-state index < -0.39 is 0 Å². The number of rotatable bonds is 5. The first-order valence-corrected chi connectivity index (χ1v) is 6.47. The third kappa shape index (κ3) is 4.16. The lowest BCUT2D eigenvalue weighted by Gasteiger charge is -2.21. The number of aromatic nitrogens is 1. The quantitative estimate of drug-likeness (QED) is 0.782. The predicted octanol–water partition coefficient (Wildman–Crippen LogP) is 2.89. The minimum Gasteiger partial charge on any atom is -0.465 e. The van der Waals surface area contributed by atoms with Gasteiger partial charge in [0, 0.05) is 12.7 Å². The summed E-state index contributed by atoms with van der Waals surface area (Å²) in [6, 6.07) is 1.75. The largest absolute Gasteiger partial charge is 0.465 e. The highest BCUT2D eigenvalue weighted by atomic mass is 79.9. The maximum Gasteiger partial charge on any atom is 0.325 e. The zero-order valence-corrected chi connectivity index (χ0v) is 12.1. The number of pyridine rings is 1. The molecule has 1 aromatic heterocycles. The van der Waals surface area contributed by atoms with Crippen molar-refractivity contribution in [2.45, 2.75) is 13.8 Å². The molecule has 0 aliphatic carbocycles. The van der Waals surface area contributed by atoms with E-state index in [9.17, 15) is 4.79 Å². The Hall–Kier alpha value is -0.810. The van der Waals surface area contributed by atoms with Gasteiger partial charge in [0.05, 0.1) is 16.1 Å². The van der Waals surface area contributed by atoms with Crippen LogP contribution in [-0.4, -0.2) is 30.6 Å². The molecule has 0 fully saturated rings. The van der Waals surface area contributed by atoms with Crippen LogP contribution in [0.25, 0.3) is 0 Å². The average molecular weight is 322 g/mol. The molecule has 1 heterocycles. The number of hydrogen-bond acceptors (Lipinski definition) is 4. The number of esters is 1. The van der Waals surface area contributed by atoms with E-state index in [0.29, 0.717) is 24.0 Å². The summed E-state index contributed by atoms with van der Waals surface area (Å²) in [4.78, 5) is 17.5. The van der Waals surface area contributed by atoms with Crippen LogP contribution < -0.4 is 4.90 Å². The third-order valence-corrected chi connectivity index (χ3v) is 2.89. The predicted molar refractivity (Wildman–Crippen MR) is 71.5 cm³/mol. The standard InChI is InChI=1S/C11H14BrClN2O2/c1-3-15(7-10(16)17-4-2)11-9(12)5-8(13)6-14-11/h5-6H,3-4,7H2,1-2H3. The molecule has 0 saturated carbocycles. The van der Waals surface area contributed by atoms with Gasteiger partial charge in [-0.2, -0.15) is 0 Å². The molecule has 0 radical (unpaired) electrons. The first-order valence-electron chi connectivity index (χ1n) is 5.30. The smallest absolute Gasteiger partial charge is 0.325 e. The van der Waals surface area contributed by atoms with Crippen molar-refractivity contribution in [1.82, 2.24) is 4.98 Å². The van der Waals surface area contributed by atoms with Gasteiger partial charge in [0.2, 0.25) is 0 Å². The Morgan fingerprint density at radius 1 is 1.59 bits per heavy atom. The molecule has 0 unspecified atom stereocenters. The molecule has 6 heteroatoms. The molecule has 0 aromatic carbocycles. The van der Waals surface area contributed by atoms with E-state index in [-0.39, 0.29) is 12.5 Å². The van der Waals surface area contributed by atoms with Gasteiger partial charge < -0.3 is 9.64 Å². The highest BCUT2D eigenvalue weighted by Gasteiger charge is 2.14. The maximum atomic E-state index is 11.4. The number of ether oxygens (including phenoxy) is 1. The number of likely N-dealkylation sites (N-methyl/N-ethyl adjacent to an activating group) is 1. The summed E-state index contributed by atoms with van der Waals surface area (Å²) in [5, 5.41) is 0.549. The fourth-order valence-corrected chi connectivity index (χ4v) is 2.23. The lowest BCUT2D eigenvalue weighted by atomic mass is 10.4. The summed E-state index contributed by atoms with van der Waals surface area (Å²) in [6.07, 6.45) is 1.55. The summed E-state index contributed by atoms with van der Waals surface area (Å²) in [7, 11) is 0. The van der Waals surface area contributed by atoms with Crippen molar-refractivity contribution in [3.8, 4) is 0 Å². The first-order chi connectivity index (χ1) is 8.08. The van der Waals surface area contributed by atoms with E-state index in [1.54, 1.807) is 19.2 Å². The summed E-state index contributed by atoms with van der Waals surface area (Å²) in [5.41, 5.74) is 0. The Kier molecular flexibility index (Phi) is 5.71. The molecule has 0 bridgehead atoms. The van der Waals surface area contributed by atoms with Gasteiger partial charge in [0.1, 0.15) is 12.4 Å². The zero-order chi connectivity index (χ0) is 12.8. The molecular weight excluding hydrogens is 307 g/mol. The van der Waals surface area contributed by atoms with Gasteiger partial charge in [-0.1, -0.05) is 11.6 Å². The van der Waals surface area contributed by atoms with Gasteiger partial charge in [-0.3, -0.25) is 4.79 Å². The Bertz CT molecular complexity index is 401. The molecule has 1 rings (SSSR count). The fourth-order valence-electron chi connectivity index (χ4n) is 1.34. The highest BCUT2D eigenvalue weighted by molar-refractivity contribution is 9.10. The van der Waals surface area contributed by atoms with Crippen molar-refractivity contribution in [2.24, 2.45) is 0 Å². The van der Waals surface area contributed by atoms with E-state index in [2.05, 4.69) is 20.9 Å². The van der Waals surface area contributed by atoms with Crippen molar-refractivity contribution in [2.75, 3.05) is 24.6 Å². The van der Waals surface area contributed by atoms with Crippen LogP contribution in [-0.2, 0) is 9.53 Å². The van der Waals surface area contributed by atoms with Crippen molar-refractivity contribution in [3.05, 3.63) is 21.8 Å². The topological polar surface area (TPSA) is 42.4 Å². The van der Waals surface area contributed by atoms with Gasteiger partial charge in [-0.05, 0) is 35.8 Å². The molecular formula is C11H14BrClN2O2. The number of carbonyl (C=O) groups is 1. The second kappa shape index (κ2) is 6.81. The van der Waals surface area contributed by atoms with E-state index in [4.69, 9.17) is 16.3 Å². The minimum absolute atomic E-state index is 0.178. The molecule has 1 aromatic rings. The number of halogens is 2. The summed E-state index contributed by atoms with van der Waals surface area (Å²) < 4.78 is 5.67. The monoisotopic (exact) mass is 320 g/mol. The Balaban J connectivity index is 2.82. The Morgan fingerprint density at radius 2 is 2.29 bits per heavy atom. The van der Waals surface area contributed by atoms with Crippen LogP contribution in [0.5, 0.6) is 0 Å². The lowest BCUT2D eigenvalue weighted by molar-refractivity contribution is -0.141. The van der Waals surface area contributed by atoms with E-state index in [1.807, 2.05) is 11.8 Å². The summed E-state index contributed by atoms with van der Waals surface area (Å²) in [6.45, 7) is 4.95. The van der Waals surface area contributed by atoms with Crippen molar-refractivity contribution in [1.29, 1.82) is 0 Å². The molecule has 0 N–H and O–H groups in total. The first kappa shape index (κ1) is 14.3. The average Bonchev–Trinajstić information content (AvgIpc) is 2.27. The maximum absolute atomic E-state index is 11.4. The van der Waals surface area contributed by atoms with Crippen molar-refractivity contribution >= 4 is 39.3 Å². The van der Waals surface area contributed by atoms with Crippen LogP contribution in [0.2, 0.25) is 5.02 Å². The van der Waals surface area contributed by atoms with E-state index in [1.165, 1.54) is 0 Å². The second-order valence-electron chi connectivity index (χ2n) is 3.28. The number of hydrogen-bond donors (Lipinski definition) is 0. The van der Waals surface area contributed by atoms with E-state index >= 15 is 0 Å². The molecule has 0 saturated heterocycles. The third-order valence-electron chi connectivity index (χ3n) is 2.09. The van der Waals surface area contributed by atoms with Crippen LogP contribution in [0, 0.1) is 0 Å². The lowest BCUT2D eigenvalue weighted by Crippen LogP contribution is -2.31. The molecule has 0 aliphatic rings. The summed E-state index contributed by atoms with van der Waals surface area (Å²) >= 11 is 9.19. The van der Waals surface area contributed by atoms with Crippen LogP contribution in [0.4, 0.5) is 5.82 Å². The SMILES string of the molecule is CCOC(=O)CN(CC)c1ncc(Cl)cc1Br. The molecule has 0 aliphatic heterocycles. The molecule has 0 atom stereocenters. The Labute approximate surface area is 114 Å². The van der Waals surface area contributed by atoms with Crippen LogP contribution >= 0.6 is 27.5 Å². The number of nitrogens with zero attached hydrogens (tertiary/aromatic N) is 2. The molecule has 17 heavy (non-hydrogen) atoms. The Morgan fingerprint density at radius 3 is 2.82 bits per heavy atom. The second-order valence-corrected chi connectivity index (χ2v) is 4.57. The van der Waals surface area contributed by atoms with Gasteiger partial charge in [-0.15, -0.1) is 0 Å². The van der Waals surface area contributed by atoms with E-state index in [0.717, 1.165) is 4.47 Å². The molecule has 0 spiro atoms. The van der Waals surface area contributed by atoms with Gasteiger partial charge >= 0.3 is 5.97 Å². The van der Waals surface area contributed by atoms with Crippen molar-refractivity contribution in [3.63, 3.8) is 0 Å². The molecule has 94 valence electrons. The number of carbonyl (C=O) groups excluding carboxylic acids is 1. The normalized spacial score (nSPS) is 10.1. The van der Waals surface area contributed by atoms with Gasteiger partial charge in [-0.25, -0.2) is 4.98 Å². The van der Waals surface area contributed by atoms with Crippen LogP contribution in [0.15, 0.2) is 16.7 Å². The van der Waals surface area contributed by atoms with Crippen molar-refractivity contribution < 1.29 is 9.53 Å². The highest BCUT2D eigenvalue weighted by Crippen LogP contribution is 2.26. The zero-order valence-electron chi connectivity index (χ0n) is 9.74. The van der Waals surface area contributed by atoms with Crippen LogP contribution in [0.3, 0.4) is 0 Å².